The van der Waals surface area contributed by atoms with E-state index < -0.39 is 46.1 Å². The molecule has 0 aromatic heterocycles. The number of non-ortho nitro benzene ring substituents is 1. The number of nitro benzene ring substituents is 1. The Kier molecular flexibility index (Phi) is 5.46. The molecule has 2 fully saturated rings. The van der Waals surface area contributed by atoms with E-state index in [1.807, 2.05) is 0 Å². The smallest absolute Gasteiger partial charge is 0.334 e. The second-order valence-corrected chi connectivity index (χ2v) is 9.08. The number of imide groups is 1. The monoisotopic (exact) mass is 493 g/mol. The summed E-state index contributed by atoms with van der Waals surface area (Å²) < 4.78 is 5.30. The molecule has 0 aliphatic carbocycles. The first-order valence-electron chi connectivity index (χ1n) is 10.4. The molecule has 2 aromatic rings. The van der Waals surface area contributed by atoms with Crippen LogP contribution in [-0.4, -0.2) is 67.6 Å². The van der Waals surface area contributed by atoms with Crippen LogP contribution in [0.15, 0.2) is 54.1 Å². The van der Waals surface area contributed by atoms with E-state index in [0.29, 0.717) is 5.56 Å². The number of amides is 3. The molecule has 3 heterocycles. The molecular weight excluding hydrogens is 478 g/mol. The number of rotatable bonds is 5. The maximum Gasteiger partial charge on any atom is 0.334 e. The Balaban J connectivity index is 1.33. The fourth-order valence-corrected chi connectivity index (χ4v) is 5.70. The number of carbonyl (C=O) groups is 4. The summed E-state index contributed by atoms with van der Waals surface area (Å²) in [5.41, 5.74) is 0.772. The summed E-state index contributed by atoms with van der Waals surface area (Å²) in [6.45, 7) is -0.235. The summed E-state index contributed by atoms with van der Waals surface area (Å²) >= 11 is 1.15. The van der Waals surface area contributed by atoms with Gasteiger partial charge < -0.3 is 9.64 Å². The molecule has 0 bridgehead atoms. The molecule has 2 unspecified atom stereocenters. The lowest BCUT2D eigenvalue weighted by molar-refractivity contribution is -0.384. The summed E-state index contributed by atoms with van der Waals surface area (Å²) in [5.74, 6) is -0.927. The van der Waals surface area contributed by atoms with Crippen LogP contribution in [0.1, 0.15) is 26.3 Å². The average molecular weight is 493 g/mol. The maximum absolute atomic E-state index is 13.1. The molecule has 2 aromatic carbocycles. The summed E-state index contributed by atoms with van der Waals surface area (Å²) in [6, 6.07) is 9.19. The van der Waals surface area contributed by atoms with E-state index in [4.69, 9.17) is 4.74 Å². The van der Waals surface area contributed by atoms with Gasteiger partial charge in [-0.05, 0) is 29.8 Å². The molecule has 3 atom stereocenters. The van der Waals surface area contributed by atoms with Gasteiger partial charge in [0.05, 0.1) is 21.6 Å². The van der Waals surface area contributed by atoms with Crippen LogP contribution >= 0.6 is 11.8 Å². The molecule has 0 N–H and O–H groups in total. The molecule has 3 aliphatic rings. The molecule has 5 rings (SSSR count). The summed E-state index contributed by atoms with van der Waals surface area (Å²) in [7, 11) is 0. The number of ether oxygens (including phenoxy) is 1. The van der Waals surface area contributed by atoms with Crippen LogP contribution in [0.3, 0.4) is 0 Å². The van der Waals surface area contributed by atoms with Crippen molar-refractivity contribution in [2.45, 2.75) is 24.1 Å². The minimum absolute atomic E-state index is 0.00844. The van der Waals surface area contributed by atoms with Crippen LogP contribution < -0.4 is 0 Å². The summed E-state index contributed by atoms with van der Waals surface area (Å²) in [4.78, 5) is 75.5. The molecule has 35 heavy (non-hydrogen) atoms. The van der Waals surface area contributed by atoms with Gasteiger partial charge in [-0.2, -0.15) is 0 Å². The number of fused-ring (bicyclic) bond motifs is 2. The van der Waals surface area contributed by atoms with Crippen LogP contribution in [0.4, 0.5) is 5.69 Å². The summed E-state index contributed by atoms with van der Waals surface area (Å²) in [6.07, 6.45) is 0. The molecular formula is C23H15N3O8S. The van der Waals surface area contributed by atoms with Crippen molar-refractivity contribution in [1.29, 1.82) is 0 Å². The molecule has 176 valence electrons. The van der Waals surface area contributed by atoms with Gasteiger partial charge in [0.2, 0.25) is 0 Å². The van der Waals surface area contributed by atoms with Gasteiger partial charge in [0, 0.05) is 17.9 Å². The first-order chi connectivity index (χ1) is 16.8. The third-order valence-corrected chi connectivity index (χ3v) is 7.36. The van der Waals surface area contributed by atoms with Crippen molar-refractivity contribution in [3.05, 3.63) is 80.9 Å². The predicted octanol–water partition coefficient (Wildman–Crippen LogP) is 1.34. The number of esters is 1. The van der Waals surface area contributed by atoms with E-state index in [2.05, 4.69) is 0 Å². The average Bonchev–Trinajstić information content (AvgIpc) is 3.11. The van der Waals surface area contributed by atoms with Gasteiger partial charge in [-0.25, -0.2) is 9.59 Å². The van der Waals surface area contributed by atoms with Crippen molar-refractivity contribution in [1.82, 2.24) is 9.80 Å². The Bertz CT molecular complexity index is 1320. The second kappa shape index (κ2) is 8.49. The predicted molar refractivity (Wildman–Crippen MR) is 120 cm³/mol. The largest absolute Gasteiger partial charge is 0.459 e. The van der Waals surface area contributed by atoms with Crippen LogP contribution in [0.25, 0.3) is 0 Å². The lowest BCUT2D eigenvalue weighted by Gasteiger charge is -2.53. The second-order valence-electron chi connectivity index (χ2n) is 7.98. The van der Waals surface area contributed by atoms with Crippen LogP contribution in [0, 0.1) is 10.1 Å². The fraction of sp³-hybridized carbons (Fsp3) is 0.217. The Morgan fingerprint density at radius 3 is 2.29 bits per heavy atom. The molecule has 0 spiro atoms. The Morgan fingerprint density at radius 1 is 1.09 bits per heavy atom. The van der Waals surface area contributed by atoms with E-state index in [0.717, 1.165) is 21.6 Å². The lowest BCUT2D eigenvalue weighted by atomic mass is 9.97. The van der Waals surface area contributed by atoms with Gasteiger partial charge in [-0.1, -0.05) is 12.1 Å². The first kappa shape index (κ1) is 22.5. The van der Waals surface area contributed by atoms with Gasteiger partial charge in [0.25, 0.3) is 23.4 Å². The molecule has 3 aliphatic heterocycles. The van der Waals surface area contributed by atoms with Crippen LogP contribution in [0.5, 0.6) is 0 Å². The molecule has 12 heteroatoms. The van der Waals surface area contributed by atoms with Crippen LogP contribution in [-0.2, 0) is 25.7 Å². The van der Waals surface area contributed by atoms with Crippen molar-refractivity contribution in [2.24, 2.45) is 0 Å². The Hall–Kier alpha value is -4.28. The normalized spacial score (nSPS) is 22.8. The Labute approximate surface area is 201 Å². The zero-order chi connectivity index (χ0) is 24.9. The Morgan fingerprint density at radius 2 is 1.71 bits per heavy atom. The zero-order valence-corrected chi connectivity index (χ0v) is 18.6. The molecule has 11 nitrogen and oxygen atoms in total. The van der Waals surface area contributed by atoms with Gasteiger partial charge in [0.15, 0.2) is 6.04 Å². The van der Waals surface area contributed by atoms with Crippen molar-refractivity contribution in [2.75, 3.05) is 5.75 Å². The zero-order valence-electron chi connectivity index (χ0n) is 17.8. The third kappa shape index (κ3) is 3.50. The highest BCUT2D eigenvalue weighted by Crippen LogP contribution is 2.44. The first-order valence-corrected chi connectivity index (χ1v) is 11.4. The van der Waals surface area contributed by atoms with Crippen molar-refractivity contribution in [3.63, 3.8) is 0 Å². The molecule has 3 amide bonds. The number of hydrogen-bond acceptors (Lipinski definition) is 9. The van der Waals surface area contributed by atoms with Gasteiger partial charge in [0.1, 0.15) is 24.0 Å². The van der Waals surface area contributed by atoms with Gasteiger partial charge in [-0.3, -0.25) is 29.4 Å². The van der Waals surface area contributed by atoms with Crippen molar-refractivity contribution >= 4 is 47.1 Å². The number of nitro groups is 1. The molecule has 2 saturated heterocycles. The van der Waals surface area contributed by atoms with Gasteiger partial charge >= 0.3 is 5.97 Å². The van der Waals surface area contributed by atoms with Crippen LogP contribution in [0.2, 0.25) is 0 Å². The maximum atomic E-state index is 13.1. The van der Waals surface area contributed by atoms with E-state index in [1.165, 1.54) is 36.4 Å². The highest BCUT2D eigenvalue weighted by molar-refractivity contribution is 8.00. The van der Waals surface area contributed by atoms with E-state index >= 15 is 0 Å². The number of carbonyl (C=O) groups excluding carboxylic acids is 5. The number of hydrogen-bond donors (Lipinski definition) is 0. The fourth-order valence-electron chi connectivity index (χ4n) is 4.32. The topological polar surface area (TPSA) is 144 Å². The summed E-state index contributed by atoms with van der Waals surface area (Å²) in [5, 5.41) is 10.1. The molecule has 0 radical (unpaired) electrons. The van der Waals surface area contributed by atoms with E-state index in [1.54, 1.807) is 18.1 Å². The SMILES string of the molecule is O=C=C1CS[C@@H]2C(N3C(=O)c4ccccc4C3=O)C(=O)N2C1C(=O)OCc1ccc([N+](=O)[O-])cc1. The lowest BCUT2D eigenvalue weighted by Crippen LogP contribution is -2.75. The quantitative estimate of drug-likeness (QED) is 0.150. The number of β-lactam (4-membered cyclic amide) rings is 1. The highest BCUT2D eigenvalue weighted by Gasteiger charge is 2.62. The van der Waals surface area contributed by atoms with E-state index in [9.17, 15) is 34.1 Å². The van der Waals surface area contributed by atoms with Crippen molar-refractivity contribution < 1.29 is 33.6 Å². The molecule has 0 saturated carbocycles. The standard InChI is InChI=1S/C23H15N3O8S/c27-9-13-11-35-22-18(24-19(28)15-3-1-2-4-16(15)20(24)29)21(30)25(22)17(13)23(31)34-10-12-5-7-14(8-6-12)26(32)33/h1-8,17-18,22H,10-11H2/t17?,18?,22-/m1/s1. The minimum atomic E-state index is -1.34. The number of benzene rings is 2. The number of thioether (sulfide) groups is 1. The number of nitrogens with zero attached hydrogens (tertiary/aromatic N) is 3. The third-order valence-electron chi connectivity index (χ3n) is 6.06. The minimum Gasteiger partial charge on any atom is -0.459 e. The highest BCUT2D eigenvalue weighted by atomic mass is 32.2. The van der Waals surface area contributed by atoms with Crippen molar-refractivity contribution in [3.8, 4) is 0 Å². The van der Waals surface area contributed by atoms with E-state index in [-0.39, 0.29) is 34.7 Å². The van der Waals surface area contributed by atoms with Gasteiger partial charge in [-0.15, -0.1) is 11.8 Å².